The smallest absolute Gasteiger partial charge is 0.323 e. The normalized spacial score (nSPS) is 25.2. The van der Waals surface area contributed by atoms with Crippen molar-refractivity contribution in [3.8, 4) is 0 Å². The number of nitrogens with zero attached hydrogens (tertiary/aromatic N) is 6. The molecule has 6 heterocycles. The maximum Gasteiger partial charge on any atom is 0.323 e. The molecular weight excluding hydrogens is 1480 g/mol. The Kier molecular flexibility index (Phi) is 31.7. The molecule has 0 radical (unpaired) electrons. The van der Waals surface area contributed by atoms with Crippen molar-refractivity contribution in [2.24, 2.45) is 16.2 Å². The Hall–Kier alpha value is -4.12. The number of carbonyl (C=O) groups is 6. The molecule has 6 fully saturated rings. The second kappa shape index (κ2) is 37.1. The lowest BCUT2D eigenvalue weighted by molar-refractivity contribution is -0.263. The molecule has 0 saturated carbocycles. The Morgan fingerprint density at radius 1 is 0.302 bits per heavy atom. The highest BCUT2D eigenvalue weighted by Crippen LogP contribution is 2.49. The maximum absolute atomic E-state index is 15.8. The van der Waals surface area contributed by atoms with E-state index in [1.165, 1.54) is 30.4 Å². The predicted octanol–water partition coefficient (Wildman–Crippen LogP) is 18.0. The zero-order chi connectivity index (χ0) is 87.6. The van der Waals surface area contributed by atoms with Crippen LogP contribution in [0, 0.1) is 16.2 Å². The lowest BCUT2D eigenvalue weighted by atomic mass is 9.73. The first-order chi connectivity index (χ1) is 53.1. The van der Waals surface area contributed by atoms with E-state index in [0.29, 0.717) is 154 Å². The largest absolute Gasteiger partial charge is 0.461 e. The van der Waals surface area contributed by atoms with Crippen LogP contribution in [0.15, 0.2) is 18.2 Å². The molecule has 0 amide bonds. The molecule has 6 saturated heterocycles. The van der Waals surface area contributed by atoms with Crippen LogP contribution >= 0.6 is 0 Å². The Labute approximate surface area is 697 Å². The number of ether oxygens (including phenoxy) is 6. The lowest BCUT2D eigenvalue weighted by Crippen LogP contribution is -2.61. The van der Waals surface area contributed by atoms with Gasteiger partial charge in [0.1, 0.15) is 48.5 Å². The summed E-state index contributed by atoms with van der Waals surface area (Å²) in [6, 6.07) is 6.25. The number of ketones is 2. The van der Waals surface area contributed by atoms with Gasteiger partial charge in [0, 0.05) is 118 Å². The van der Waals surface area contributed by atoms with Gasteiger partial charge in [0.05, 0.1) is 12.2 Å². The average Bonchev–Trinajstić information content (AvgIpc) is 0.799. The van der Waals surface area contributed by atoms with Crippen molar-refractivity contribution < 1.29 is 88.4 Å². The van der Waals surface area contributed by atoms with Crippen molar-refractivity contribution in [2.45, 2.75) is 483 Å². The molecule has 0 spiro atoms. The fourth-order valence-electron chi connectivity index (χ4n) is 21.9. The van der Waals surface area contributed by atoms with Crippen LogP contribution in [0.2, 0.25) is 0 Å². The highest BCUT2D eigenvalue weighted by atomic mass is 16.6. The van der Waals surface area contributed by atoms with Gasteiger partial charge in [-0.15, -0.1) is 0 Å². The lowest BCUT2D eigenvalue weighted by Gasteiger charge is -2.51. The predicted molar refractivity (Wildman–Crippen MR) is 446 cm³/mol. The third kappa shape index (κ3) is 22.8. The van der Waals surface area contributed by atoms with Crippen LogP contribution in [0.25, 0.3) is 0 Å². The van der Waals surface area contributed by atoms with Gasteiger partial charge in [0.25, 0.3) is 0 Å². The van der Waals surface area contributed by atoms with Crippen molar-refractivity contribution >= 4 is 35.4 Å². The van der Waals surface area contributed by atoms with Gasteiger partial charge in [0.2, 0.25) is 0 Å². The zero-order valence-electron chi connectivity index (χ0n) is 77.1. The molecule has 7 rings (SSSR count). The third-order valence-electron chi connectivity index (χ3n) is 27.5. The number of piperidine rings is 6. The summed E-state index contributed by atoms with van der Waals surface area (Å²) in [6.45, 7) is 51.3. The topological polar surface area (TPSA) is 299 Å². The molecule has 0 aromatic heterocycles. The molecule has 6 N–H and O–H groups in total. The van der Waals surface area contributed by atoms with Crippen LogP contribution in [0.4, 0.5) is 0 Å². The Bertz CT molecular complexity index is 3360. The van der Waals surface area contributed by atoms with E-state index in [2.05, 4.69) is 12.1 Å². The van der Waals surface area contributed by atoms with E-state index < -0.39 is 149 Å². The van der Waals surface area contributed by atoms with Gasteiger partial charge in [-0.3, -0.25) is 28.8 Å². The van der Waals surface area contributed by atoms with Gasteiger partial charge in [-0.25, -0.2) is 0 Å². The number of carbonyl (C=O) groups excluding carboxylic acids is 6. The van der Waals surface area contributed by atoms with Crippen LogP contribution in [0.5, 0.6) is 0 Å². The van der Waals surface area contributed by atoms with E-state index in [-0.39, 0.29) is 57.5 Å². The number of aryl methyl sites for hydroxylation is 3. The highest BCUT2D eigenvalue weighted by Gasteiger charge is 2.58. The Morgan fingerprint density at radius 2 is 0.509 bits per heavy atom. The molecule has 24 heteroatoms. The number of rotatable bonds is 37. The first kappa shape index (κ1) is 99.0. The minimum Gasteiger partial charge on any atom is -0.461 e. The summed E-state index contributed by atoms with van der Waals surface area (Å²) in [7, 11) is 0. The second-order valence-electron chi connectivity index (χ2n) is 44.1. The highest BCUT2D eigenvalue weighted by molar-refractivity contribution is 6.05. The van der Waals surface area contributed by atoms with E-state index in [0.717, 1.165) is 16.7 Å². The molecular formula is C92H160N6O18. The van der Waals surface area contributed by atoms with Gasteiger partial charge in [-0.05, 0) is 286 Å². The van der Waals surface area contributed by atoms with Gasteiger partial charge in [-0.1, -0.05) is 77.5 Å². The summed E-state index contributed by atoms with van der Waals surface area (Å²) in [6.07, 6.45) is 7.40. The monoisotopic (exact) mass is 1640 g/mol. The molecule has 2 atom stereocenters. The summed E-state index contributed by atoms with van der Waals surface area (Å²) in [4.78, 5) is 94.3. The molecule has 1 aromatic carbocycles. The zero-order valence-corrected chi connectivity index (χ0v) is 77.1. The number of esters is 4. The fraction of sp³-hybridized carbons (Fsp3) is 0.870. The maximum atomic E-state index is 15.8. The van der Waals surface area contributed by atoms with Gasteiger partial charge >= 0.3 is 23.9 Å². The number of hydroxylamine groups is 12. The van der Waals surface area contributed by atoms with Crippen LogP contribution in [0.1, 0.15) is 377 Å². The van der Waals surface area contributed by atoms with E-state index in [9.17, 15) is 31.2 Å². The molecule has 6 aliphatic heterocycles. The van der Waals surface area contributed by atoms with Crippen LogP contribution in [-0.4, -0.2) is 213 Å². The number of hydrogen-bond donors (Lipinski definition) is 6. The fourth-order valence-corrected chi connectivity index (χ4v) is 21.9. The summed E-state index contributed by atoms with van der Waals surface area (Å²) >= 11 is 0. The number of Topliss-reactive ketones (excluding diaryl/α,β-unsaturated/α-hetero) is 2. The standard InChI is InChI=1S/C92H160N6O18/c1-28-31-42-90(74(101)113-68-53-82(12,13)95(107)83(14,15)54-68,72(99)61-111-66-49-78(4,5)93(105)79(6,7)50-66)45-35-38-64-41-40-63(37-34-47-92(44-33-30-3,76(103)115-70-57-86(20,21)97(109)87(22,23)58-70)77(104)116-71-59-88(24,25)98(110)89(26,27)60-71)48-65(64)39-36-46-91(43-32-29-2,75(102)114-69-55-84(16,17)96(108)85(18,19)56-69)73(100)62-112-67-51-80(8,9)94(106)81(10,11)52-67/h40-41,48,66-71,105-110H,28-39,42-47,49-62H2,1-27H3. The van der Waals surface area contributed by atoms with Crippen molar-refractivity contribution in [1.82, 2.24) is 30.4 Å². The van der Waals surface area contributed by atoms with Crippen molar-refractivity contribution in [2.75, 3.05) is 13.2 Å². The van der Waals surface area contributed by atoms with E-state index in [4.69, 9.17) is 28.4 Å². The van der Waals surface area contributed by atoms with Gasteiger partial charge in [0.15, 0.2) is 17.0 Å². The van der Waals surface area contributed by atoms with E-state index >= 15 is 28.8 Å². The quantitative estimate of drug-likeness (QED) is 0.0205. The molecule has 6 aliphatic rings. The minimum absolute atomic E-state index is 0.0724. The van der Waals surface area contributed by atoms with Gasteiger partial charge < -0.3 is 59.7 Å². The SMILES string of the molecule is CCCCC(CCCc1ccc(CCCC(CCCC)(C(=O)OC2CC(C)(C)N(O)C(C)(C)C2)C(=O)OC2CC(C)(C)N(O)C(C)(C)C2)cc1CCCC(CCCC)(C(=O)COC1CC(C)(C)N(O)C(C)(C)C1)C(=O)OC1CC(C)(C)N(O)C(C)(C)C1)(C(=O)COC1CC(C)(C)N(O)C(C)(C)C1)C(=O)OC1CC(C)(C)N(O)C(C)(C)C1. The Balaban J connectivity index is 1.33. The number of hydrogen-bond acceptors (Lipinski definition) is 24. The summed E-state index contributed by atoms with van der Waals surface area (Å²) in [5.41, 5.74) is -11.3. The molecule has 24 nitrogen and oxygen atoms in total. The molecule has 0 bridgehead atoms. The molecule has 0 aliphatic carbocycles. The second-order valence-corrected chi connectivity index (χ2v) is 44.1. The van der Waals surface area contributed by atoms with Crippen LogP contribution < -0.4 is 0 Å². The van der Waals surface area contributed by atoms with E-state index in [1.807, 2.05) is 193 Å². The number of benzene rings is 1. The average molecular weight is 1640 g/mol. The number of unbranched alkanes of at least 4 members (excludes halogenated alkanes) is 3. The van der Waals surface area contributed by atoms with Crippen molar-refractivity contribution in [3.63, 3.8) is 0 Å². The third-order valence-corrected chi connectivity index (χ3v) is 27.5. The van der Waals surface area contributed by atoms with Crippen molar-refractivity contribution in [1.29, 1.82) is 0 Å². The first-order valence-electron chi connectivity index (χ1n) is 44.3. The first-order valence-corrected chi connectivity index (χ1v) is 44.3. The van der Waals surface area contributed by atoms with Crippen LogP contribution in [-0.2, 0) is 76.5 Å². The molecule has 2 unspecified atom stereocenters. The summed E-state index contributed by atoms with van der Waals surface area (Å²) in [5, 5.41) is 76.3. The van der Waals surface area contributed by atoms with Crippen molar-refractivity contribution in [3.05, 3.63) is 34.9 Å². The summed E-state index contributed by atoms with van der Waals surface area (Å²) in [5.74, 6) is -3.37. The van der Waals surface area contributed by atoms with Crippen LogP contribution in [0.3, 0.4) is 0 Å². The summed E-state index contributed by atoms with van der Waals surface area (Å²) < 4.78 is 39.9. The van der Waals surface area contributed by atoms with E-state index in [1.54, 1.807) is 0 Å². The molecule has 116 heavy (non-hydrogen) atoms. The Morgan fingerprint density at radius 3 is 0.767 bits per heavy atom. The van der Waals surface area contributed by atoms with Gasteiger partial charge in [-0.2, -0.15) is 30.4 Å². The minimum atomic E-state index is -1.75. The molecule has 1 aromatic rings. The molecule has 666 valence electrons.